The summed E-state index contributed by atoms with van der Waals surface area (Å²) in [7, 11) is 0. The molecular weight excluding hydrogens is 122 g/mol. The van der Waals surface area contributed by atoms with Gasteiger partial charge in [0, 0.05) is 5.54 Å². The van der Waals surface area contributed by atoms with Crippen LogP contribution in [0.15, 0.2) is 24.3 Å². The Morgan fingerprint density at radius 2 is 2.10 bits per heavy atom. The van der Waals surface area contributed by atoms with Crippen molar-refractivity contribution in [1.29, 1.82) is 0 Å². The van der Waals surface area contributed by atoms with Gasteiger partial charge in [0.15, 0.2) is 0 Å². The molecule has 0 spiro atoms. The minimum atomic E-state index is -0.115. The maximum atomic E-state index is 5.80. The summed E-state index contributed by atoms with van der Waals surface area (Å²) in [5, 5.41) is 0. The van der Waals surface area contributed by atoms with Crippen LogP contribution in [-0.4, -0.2) is 5.54 Å². The van der Waals surface area contributed by atoms with Gasteiger partial charge in [-0.2, -0.15) is 0 Å². The first kappa shape index (κ1) is 9.44. The zero-order chi connectivity index (χ0) is 8.20. The van der Waals surface area contributed by atoms with Crippen molar-refractivity contribution in [3.05, 3.63) is 24.3 Å². The number of hydrogen-bond acceptors (Lipinski definition) is 1. The molecule has 0 radical (unpaired) electrons. The van der Waals surface area contributed by atoms with E-state index < -0.39 is 0 Å². The van der Waals surface area contributed by atoms with Crippen LogP contribution in [0.25, 0.3) is 0 Å². The third kappa shape index (κ3) is 4.33. The molecule has 0 aliphatic rings. The van der Waals surface area contributed by atoms with E-state index in [2.05, 4.69) is 6.58 Å². The summed E-state index contributed by atoms with van der Waals surface area (Å²) in [4.78, 5) is 0. The molecular formula is C9H17N. The van der Waals surface area contributed by atoms with Crippen molar-refractivity contribution in [3.63, 3.8) is 0 Å². The average Bonchev–Trinajstić information content (AvgIpc) is 1.81. The highest BCUT2D eigenvalue weighted by Gasteiger charge is 2.10. The molecule has 0 aromatic heterocycles. The van der Waals surface area contributed by atoms with Gasteiger partial charge in [0.2, 0.25) is 0 Å². The predicted molar refractivity (Wildman–Crippen MR) is 46.8 cm³/mol. The topological polar surface area (TPSA) is 26.0 Å². The van der Waals surface area contributed by atoms with Crippen LogP contribution in [0.4, 0.5) is 0 Å². The second-order valence-corrected chi connectivity index (χ2v) is 3.23. The second-order valence-electron chi connectivity index (χ2n) is 3.23. The molecule has 0 amide bonds. The standard InChI is InChI=1S/C9H17N/c1-5-8(6-2)7-9(3,4)10/h5-6H,1,7,10H2,2-4H3/b8-6+. The Morgan fingerprint density at radius 1 is 1.60 bits per heavy atom. The van der Waals surface area contributed by atoms with Crippen molar-refractivity contribution in [2.24, 2.45) is 5.73 Å². The normalized spacial score (nSPS) is 13.4. The van der Waals surface area contributed by atoms with Crippen LogP contribution < -0.4 is 5.73 Å². The molecule has 0 atom stereocenters. The SMILES string of the molecule is C=C/C(=C\C)CC(C)(C)N. The number of hydrogen-bond donors (Lipinski definition) is 1. The smallest absolute Gasteiger partial charge is 0.0137 e. The molecule has 58 valence electrons. The quantitative estimate of drug-likeness (QED) is 0.596. The van der Waals surface area contributed by atoms with E-state index in [9.17, 15) is 0 Å². The summed E-state index contributed by atoms with van der Waals surface area (Å²) in [6.45, 7) is 9.72. The van der Waals surface area contributed by atoms with Gasteiger partial charge < -0.3 is 5.73 Å². The van der Waals surface area contributed by atoms with E-state index in [1.165, 1.54) is 5.57 Å². The lowest BCUT2D eigenvalue weighted by Crippen LogP contribution is -2.31. The minimum absolute atomic E-state index is 0.115. The van der Waals surface area contributed by atoms with Gasteiger partial charge in [-0.3, -0.25) is 0 Å². The zero-order valence-electron chi connectivity index (χ0n) is 7.15. The Balaban J connectivity index is 4.01. The summed E-state index contributed by atoms with van der Waals surface area (Å²) in [6, 6.07) is 0. The molecule has 0 aromatic rings. The monoisotopic (exact) mass is 139 g/mol. The van der Waals surface area contributed by atoms with Crippen LogP contribution in [0.1, 0.15) is 27.2 Å². The summed E-state index contributed by atoms with van der Waals surface area (Å²) in [6.07, 6.45) is 4.79. The molecule has 0 saturated carbocycles. The summed E-state index contributed by atoms with van der Waals surface area (Å²) >= 11 is 0. The molecule has 0 rings (SSSR count). The predicted octanol–water partition coefficient (Wildman–Crippen LogP) is 2.25. The highest BCUT2D eigenvalue weighted by molar-refractivity contribution is 5.17. The van der Waals surface area contributed by atoms with Crippen LogP contribution in [0.5, 0.6) is 0 Å². The van der Waals surface area contributed by atoms with E-state index in [1.807, 2.05) is 32.9 Å². The van der Waals surface area contributed by atoms with Crippen molar-refractivity contribution < 1.29 is 0 Å². The first-order valence-corrected chi connectivity index (χ1v) is 3.56. The zero-order valence-corrected chi connectivity index (χ0v) is 7.15. The lowest BCUT2D eigenvalue weighted by atomic mass is 9.96. The first-order valence-electron chi connectivity index (χ1n) is 3.56. The van der Waals surface area contributed by atoms with Crippen molar-refractivity contribution in [1.82, 2.24) is 0 Å². The van der Waals surface area contributed by atoms with E-state index >= 15 is 0 Å². The molecule has 0 aliphatic heterocycles. The molecule has 0 saturated heterocycles. The average molecular weight is 139 g/mol. The minimum Gasteiger partial charge on any atom is -0.325 e. The Labute approximate surface area is 63.6 Å². The van der Waals surface area contributed by atoms with E-state index in [-0.39, 0.29) is 5.54 Å². The van der Waals surface area contributed by atoms with Gasteiger partial charge in [-0.1, -0.05) is 24.3 Å². The number of nitrogens with two attached hydrogens (primary N) is 1. The molecule has 0 aromatic carbocycles. The van der Waals surface area contributed by atoms with Crippen LogP contribution in [0.3, 0.4) is 0 Å². The van der Waals surface area contributed by atoms with Gasteiger partial charge in [-0.25, -0.2) is 0 Å². The molecule has 1 heteroatoms. The van der Waals surface area contributed by atoms with Gasteiger partial charge >= 0.3 is 0 Å². The molecule has 0 unspecified atom stereocenters. The molecule has 0 aliphatic carbocycles. The first-order chi connectivity index (χ1) is 4.49. The van der Waals surface area contributed by atoms with Crippen molar-refractivity contribution in [2.75, 3.05) is 0 Å². The van der Waals surface area contributed by atoms with E-state index in [0.717, 1.165) is 6.42 Å². The number of allylic oxidation sites excluding steroid dienone is 2. The van der Waals surface area contributed by atoms with Gasteiger partial charge in [0.05, 0.1) is 0 Å². The third-order valence-electron chi connectivity index (χ3n) is 1.29. The summed E-state index contributed by atoms with van der Waals surface area (Å²) in [5.41, 5.74) is 6.90. The van der Waals surface area contributed by atoms with Gasteiger partial charge in [0.1, 0.15) is 0 Å². The number of rotatable bonds is 3. The van der Waals surface area contributed by atoms with Crippen LogP contribution >= 0.6 is 0 Å². The third-order valence-corrected chi connectivity index (χ3v) is 1.29. The lowest BCUT2D eigenvalue weighted by molar-refractivity contribution is 0.518. The molecule has 0 heterocycles. The lowest BCUT2D eigenvalue weighted by Gasteiger charge is -2.18. The van der Waals surface area contributed by atoms with Crippen LogP contribution in [0, 0.1) is 0 Å². The van der Waals surface area contributed by atoms with Gasteiger partial charge in [0.25, 0.3) is 0 Å². The fourth-order valence-electron chi connectivity index (χ4n) is 0.818. The van der Waals surface area contributed by atoms with Crippen molar-refractivity contribution >= 4 is 0 Å². The Morgan fingerprint density at radius 3 is 2.20 bits per heavy atom. The maximum Gasteiger partial charge on any atom is 0.0137 e. The fourth-order valence-corrected chi connectivity index (χ4v) is 0.818. The second kappa shape index (κ2) is 3.57. The largest absolute Gasteiger partial charge is 0.325 e. The van der Waals surface area contributed by atoms with Crippen molar-refractivity contribution in [2.45, 2.75) is 32.7 Å². The maximum absolute atomic E-state index is 5.80. The van der Waals surface area contributed by atoms with E-state index in [1.54, 1.807) is 0 Å². The van der Waals surface area contributed by atoms with Crippen LogP contribution in [0.2, 0.25) is 0 Å². The van der Waals surface area contributed by atoms with Gasteiger partial charge in [-0.05, 0) is 27.2 Å². The Hall–Kier alpha value is -0.560. The van der Waals surface area contributed by atoms with Crippen molar-refractivity contribution in [3.8, 4) is 0 Å². The molecule has 10 heavy (non-hydrogen) atoms. The molecule has 0 fully saturated rings. The summed E-state index contributed by atoms with van der Waals surface area (Å²) in [5.74, 6) is 0. The van der Waals surface area contributed by atoms with E-state index in [4.69, 9.17) is 5.73 Å². The Bertz CT molecular complexity index is 137. The molecule has 0 bridgehead atoms. The molecule has 1 nitrogen and oxygen atoms in total. The highest BCUT2D eigenvalue weighted by atomic mass is 14.7. The highest BCUT2D eigenvalue weighted by Crippen LogP contribution is 2.12. The summed E-state index contributed by atoms with van der Waals surface area (Å²) < 4.78 is 0. The van der Waals surface area contributed by atoms with E-state index in [0.29, 0.717) is 0 Å². The Kier molecular flexibility index (Phi) is 3.37. The fraction of sp³-hybridized carbons (Fsp3) is 0.556. The van der Waals surface area contributed by atoms with Crippen LogP contribution in [-0.2, 0) is 0 Å². The van der Waals surface area contributed by atoms with Gasteiger partial charge in [-0.15, -0.1) is 0 Å². The molecule has 2 N–H and O–H groups in total.